The first-order valence-corrected chi connectivity index (χ1v) is 12.4. The molecule has 0 bridgehead atoms. The van der Waals surface area contributed by atoms with Gasteiger partial charge in [-0.3, -0.25) is 0 Å². The van der Waals surface area contributed by atoms with Gasteiger partial charge in [-0.2, -0.15) is 10.2 Å². The smallest absolute Gasteiger partial charge is 0.346 e. The minimum atomic E-state index is -0.773. The number of carbonyl (C=O) groups is 1. The zero-order chi connectivity index (χ0) is 25.8. The van der Waals surface area contributed by atoms with Gasteiger partial charge in [-0.1, -0.05) is 39.0 Å². The van der Waals surface area contributed by atoms with Crippen LogP contribution in [-0.2, 0) is 0 Å². The van der Waals surface area contributed by atoms with Crippen LogP contribution in [0.15, 0.2) is 77.0 Å². The van der Waals surface area contributed by atoms with E-state index in [9.17, 15) is 9.18 Å². The van der Waals surface area contributed by atoms with Gasteiger partial charge in [-0.25, -0.2) is 9.18 Å². The van der Waals surface area contributed by atoms with E-state index < -0.39 is 11.8 Å². The van der Waals surface area contributed by atoms with Crippen molar-refractivity contribution in [2.45, 2.75) is 45.4 Å². The molecule has 0 saturated heterocycles. The Bertz CT molecular complexity index is 1130. The van der Waals surface area contributed by atoms with Crippen LogP contribution < -0.4 is 14.4 Å². The molecule has 0 spiro atoms. The Kier molecular flexibility index (Phi) is 10.4. The molecular weight excluding hydrogens is 457 g/mol. The largest absolute Gasteiger partial charge is 0.493 e. The lowest BCUT2D eigenvalue weighted by Gasteiger charge is -2.11. The fourth-order valence-corrected chi connectivity index (χ4v) is 3.50. The Morgan fingerprint density at radius 3 is 2.00 bits per heavy atom. The molecule has 0 N–H and O–H groups in total. The van der Waals surface area contributed by atoms with Crippen molar-refractivity contribution in [2.24, 2.45) is 10.2 Å². The van der Waals surface area contributed by atoms with E-state index >= 15 is 0 Å². The predicted molar refractivity (Wildman–Crippen MR) is 142 cm³/mol. The second-order valence-electron chi connectivity index (χ2n) is 8.75. The maximum Gasteiger partial charge on any atom is 0.346 e. The van der Waals surface area contributed by atoms with Crippen molar-refractivity contribution >= 4 is 23.0 Å². The van der Waals surface area contributed by atoms with Gasteiger partial charge in [-0.15, -0.1) is 0 Å². The molecule has 3 rings (SSSR count). The van der Waals surface area contributed by atoms with Crippen molar-refractivity contribution in [1.29, 1.82) is 0 Å². The molecule has 0 radical (unpaired) electrons. The Balaban J connectivity index is 1.49. The van der Waals surface area contributed by atoms with Gasteiger partial charge in [0.25, 0.3) is 0 Å². The second-order valence-corrected chi connectivity index (χ2v) is 8.75. The SMILES string of the molecule is CCCCCCCCOc1ccc(C(=O)Oc2ccc(N=Nc3ccc(N(C)C)cc3)cc2)c(F)c1. The molecule has 0 amide bonds. The number of esters is 1. The van der Waals surface area contributed by atoms with Crippen LogP contribution in [0.25, 0.3) is 0 Å². The monoisotopic (exact) mass is 491 g/mol. The number of hydrogen-bond donors (Lipinski definition) is 0. The highest BCUT2D eigenvalue weighted by molar-refractivity contribution is 5.91. The van der Waals surface area contributed by atoms with E-state index in [2.05, 4.69) is 17.2 Å². The van der Waals surface area contributed by atoms with Crippen LogP contribution in [0.5, 0.6) is 11.5 Å². The molecule has 0 aliphatic rings. The lowest BCUT2D eigenvalue weighted by atomic mass is 10.1. The zero-order valence-electron chi connectivity index (χ0n) is 21.2. The first kappa shape index (κ1) is 26.9. The van der Waals surface area contributed by atoms with E-state index in [1.165, 1.54) is 37.8 Å². The number of halogens is 1. The van der Waals surface area contributed by atoms with Gasteiger partial charge >= 0.3 is 5.97 Å². The van der Waals surface area contributed by atoms with Gasteiger partial charge in [0.1, 0.15) is 17.3 Å². The molecule has 3 aromatic rings. The maximum atomic E-state index is 14.5. The molecule has 6 nitrogen and oxygen atoms in total. The summed E-state index contributed by atoms with van der Waals surface area (Å²) in [5.41, 5.74) is 2.26. The molecule has 0 fully saturated rings. The highest BCUT2D eigenvalue weighted by Gasteiger charge is 2.15. The van der Waals surface area contributed by atoms with Gasteiger partial charge in [0.15, 0.2) is 0 Å². The number of ether oxygens (including phenoxy) is 2. The summed E-state index contributed by atoms with van der Waals surface area (Å²) in [5, 5.41) is 8.41. The highest BCUT2D eigenvalue weighted by atomic mass is 19.1. The average Bonchev–Trinajstić information content (AvgIpc) is 2.88. The van der Waals surface area contributed by atoms with Crippen LogP contribution in [0.2, 0.25) is 0 Å². The van der Waals surface area contributed by atoms with E-state index in [1.807, 2.05) is 43.3 Å². The Morgan fingerprint density at radius 1 is 0.806 bits per heavy atom. The molecule has 3 aromatic carbocycles. The molecule has 0 heterocycles. The highest BCUT2D eigenvalue weighted by Crippen LogP contribution is 2.24. The first-order valence-electron chi connectivity index (χ1n) is 12.4. The third-order valence-electron chi connectivity index (χ3n) is 5.62. The van der Waals surface area contributed by atoms with Crippen molar-refractivity contribution in [3.05, 3.63) is 78.1 Å². The molecule has 7 heteroatoms. The lowest BCUT2D eigenvalue weighted by Crippen LogP contribution is -2.11. The summed E-state index contributed by atoms with van der Waals surface area (Å²) in [6, 6.07) is 18.4. The first-order chi connectivity index (χ1) is 17.5. The zero-order valence-corrected chi connectivity index (χ0v) is 21.2. The minimum absolute atomic E-state index is 0.146. The average molecular weight is 492 g/mol. The summed E-state index contributed by atoms with van der Waals surface area (Å²) < 4.78 is 25.4. The number of azo groups is 1. The van der Waals surface area contributed by atoms with E-state index in [-0.39, 0.29) is 11.3 Å². The van der Waals surface area contributed by atoms with Gasteiger partial charge in [-0.05, 0) is 67.1 Å². The van der Waals surface area contributed by atoms with Gasteiger partial charge in [0.05, 0.1) is 23.5 Å². The van der Waals surface area contributed by atoms with E-state index in [0.29, 0.717) is 18.0 Å². The number of hydrogen-bond acceptors (Lipinski definition) is 6. The normalized spacial score (nSPS) is 11.0. The van der Waals surface area contributed by atoms with Crippen LogP contribution in [0.3, 0.4) is 0 Å². The summed E-state index contributed by atoms with van der Waals surface area (Å²) >= 11 is 0. The Morgan fingerprint density at radius 2 is 1.39 bits per heavy atom. The molecule has 0 unspecified atom stereocenters. The standard InChI is InChI=1S/C29H34FN3O3/c1-4-5-6-7-8-9-20-35-26-18-19-27(28(30)21-26)29(34)36-25-16-12-23(13-17-25)32-31-22-10-14-24(15-11-22)33(2)3/h10-19,21H,4-9,20H2,1-3H3. The summed E-state index contributed by atoms with van der Waals surface area (Å²) in [7, 11) is 3.95. The summed E-state index contributed by atoms with van der Waals surface area (Å²) in [4.78, 5) is 14.5. The van der Waals surface area contributed by atoms with Gasteiger partial charge in [0, 0.05) is 25.8 Å². The van der Waals surface area contributed by atoms with E-state index in [0.717, 1.165) is 24.2 Å². The fourth-order valence-electron chi connectivity index (χ4n) is 3.50. The molecule has 0 atom stereocenters. The number of anilines is 1. The molecule has 36 heavy (non-hydrogen) atoms. The predicted octanol–water partition coefficient (Wildman–Crippen LogP) is 8.27. The van der Waals surface area contributed by atoms with Crippen molar-refractivity contribution in [3.8, 4) is 11.5 Å². The van der Waals surface area contributed by atoms with Crippen molar-refractivity contribution in [1.82, 2.24) is 0 Å². The van der Waals surface area contributed by atoms with Crippen molar-refractivity contribution in [3.63, 3.8) is 0 Å². The van der Waals surface area contributed by atoms with Crippen LogP contribution in [0.1, 0.15) is 55.8 Å². The number of unbranched alkanes of at least 4 members (excludes halogenated alkanes) is 5. The topological polar surface area (TPSA) is 63.5 Å². The molecule has 0 aliphatic heterocycles. The number of carbonyl (C=O) groups excluding carboxylic acids is 1. The van der Waals surface area contributed by atoms with Crippen LogP contribution in [0, 0.1) is 5.82 Å². The molecule has 0 aliphatic carbocycles. The quantitative estimate of drug-likeness (QED) is 0.104. The van der Waals surface area contributed by atoms with Gasteiger partial charge < -0.3 is 14.4 Å². The summed E-state index contributed by atoms with van der Waals surface area (Å²) in [6.45, 7) is 2.72. The summed E-state index contributed by atoms with van der Waals surface area (Å²) in [5.74, 6) is -0.753. The number of rotatable bonds is 13. The van der Waals surface area contributed by atoms with Crippen LogP contribution in [0.4, 0.5) is 21.5 Å². The minimum Gasteiger partial charge on any atom is -0.493 e. The molecule has 0 saturated carbocycles. The second kappa shape index (κ2) is 14.0. The molecular formula is C29H34FN3O3. The molecule has 190 valence electrons. The molecule has 0 aromatic heterocycles. The van der Waals surface area contributed by atoms with Crippen molar-refractivity contribution < 1.29 is 18.7 Å². The Hall–Kier alpha value is -3.74. The lowest BCUT2D eigenvalue weighted by molar-refractivity contribution is 0.0730. The Labute approximate surface area is 212 Å². The number of benzene rings is 3. The van der Waals surface area contributed by atoms with Crippen LogP contribution >= 0.6 is 0 Å². The third-order valence-corrected chi connectivity index (χ3v) is 5.62. The summed E-state index contributed by atoms with van der Waals surface area (Å²) in [6.07, 6.45) is 6.91. The van der Waals surface area contributed by atoms with Gasteiger partial charge in [0.2, 0.25) is 0 Å². The third kappa shape index (κ3) is 8.48. The van der Waals surface area contributed by atoms with E-state index in [4.69, 9.17) is 9.47 Å². The fraction of sp³-hybridized carbons (Fsp3) is 0.345. The van der Waals surface area contributed by atoms with E-state index in [1.54, 1.807) is 30.3 Å². The number of nitrogens with zero attached hydrogens (tertiary/aromatic N) is 3. The van der Waals surface area contributed by atoms with Crippen molar-refractivity contribution in [2.75, 3.05) is 25.6 Å². The van der Waals surface area contributed by atoms with Crippen LogP contribution in [-0.4, -0.2) is 26.7 Å². The maximum absolute atomic E-state index is 14.5.